The van der Waals surface area contributed by atoms with Crippen molar-refractivity contribution in [2.24, 2.45) is 0 Å². The van der Waals surface area contributed by atoms with Crippen molar-refractivity contribution in [3.05, 3.63) is 57.9 Å². The van der Waals surface area contributed by atoms with Crippen LogP contribution in [-0.4, -0.2) is 26.4 Å². The molecule has 0 atom stereocenters. The first-order chi connectivity index (χ1) is 15.6. The molecule has 164 valence electrons. The summed E-state index contributed by atoms with van der Waals surface area (Å²) in [5, 5.41) is 23.1. The Morgan fingerprint density at radius 1 is 1.34 bits per heavy atom. The predicted octanol–water partition coefficient (Wildman–Crippen LogP) is 5.72. The van der Waals surface area contributed by atoms with Crippen molar-refractivity contribution in [2.75, 3.05) is 11.1 Å². The molecule has 1 amide bonds. The third-order valence-electron chi connectivity index (χ3n) is 5.23. The summed E-state index contributed by atoms with van der Waals surface area (Å²) in [4.78, 5) is 13.9. The molecule has 0 unspecified atom stereocenters. The van der Waals surface area contributed by atoms with Gasteiger partial charge in [-0.1, -0.05) is 48.0 Å². The molecule has 1 N–H and O–H groups in total. The van der Waals surface area contributed by atoms with Gasteiger partial charge < -0.3 is 5.32 Å². The molecule has 32 heavy (non-hydrogen) atoms. The second kappa shape index (κ2) is 10.3. The van der Waals surface area contributed by atoms with Crippen molar-refractivity contribution in [3.63, 3.8) is 0 Å². The van der Waals surface area contributed by atoms with E-state index in [9.17, 15) is 10.1 Å². The minimum Gasteiger partial charge on any atom is -0.316 e. The van der Waals surface area contributed by atoms with Crippen LogP contribution in [0, 0.1) is 11.3 Å². The summed E-state index contributed by atoms with van der Waals surface area (Å²) in [6, 6.07) is 9.72. The van der Waals surface area contributed by atoms with E-state index in [1.165, 1.54) is 23.1 Å². The fourth-order valence-electron chi connectivity index (χ4n) is 3.77. The van der Waals surface area contributed by atoms with E-state index in [1.54, 1.807) is 23.5 Å². The number of nitrogens with one attached hydrogen (secondary N) is 1. The Hall–Kier alpha value is -2.60. The Morgan fingerprint density at radius 2 is 2.19 bits per heavy atom. The maximum Gasteiger partial charge on any atom is 0.235 e. The number of rotatable bonds is 7. The lowest BCUT2D eigenvalue weighted by atomic mass is 10.1. The highest BCUT2D eigenvalue weighted by atomic mass is 35.5. The van der Waals surface area contributed by atoms with Crippen LogP contribution in [-0.2, 0) is 24.2 Å². The van der Waals surface area contributed by atoms with Crippen molar-refractivity contribution in [1.82, 2.24) is 14.8 Å². The average molecular weight is 484 g/mol. The van der Waals surface area contributed by atoms with Gasteiger partial charge in [-0.3, -0.25) is 9.36 Å². The van der Waals surface area contributed by atoms with Crippen LogP contribution in [0.15, 0.2) is 42.1 Å². The number of aromatic nitrogens is 3. The lowest BCUT2D eigenvalue weighted by molar-refractivity contribution is -0.113. The van der Waals surface area contributed by atoms with Gasteiger partial charge in [-0.05, 0) is 43.4 Å². The zero-order valence-electron chi connectivity index (χ0n) is 17.4. The number of aryl methyl sites for hydroxylation is 1. The number of anilines is 1. The highest BCUT2D eigenvalue weighted by Crippen LogP contribution is 2.37. The van der Waals surface area contributed by atoms with Gasteiger partial charge in [0.05, 0.1) is 11.3 Å². The van der Waals surface area contributed by atoms with Crippen LogP contribution >= 0.6 is 34.7 Å². The maximum absolute atomic E-state index is 12.7. The number of hydrogen-bond donors (Lipinski definition) is 1. The number of benzene rings is 1. The number of allylic oxidation sites excluding steroid dienone is 1. The van der Waals surface area contributed by atoms with Gasteiger partial charge in [-0.25, -0.2) is 0 Å². The SMILES string of the molecule is C=CCn1c(SCC(=O)Nc2sc3c(c2C#N)CCCCC3)nnc1-c1cccc(Cl)c1. The van der Waals surface area contributed by atoms with Gasteiger partial charge in [-0.2, -0.15) is 5.26 Å². The van der Waals surface area contributed by atoms with E-state index in [0.29, 0.717) is 33.1 Å². The first kappa shape index (κ1) is 22.6. The monoisotopic (exact) mass is 483 g/mol. The second-order valence-corrected chi connectivity index (χ2v) is 9.92. The molecule has 0 aliphatic heterocycles. The van der Waals surface area contributed by atoms with E-state index in [0.717, 1.165) is 36.8 Å². The number of thioether (sulfide) groups is 1. The molecule has 1 aliphatic rings. The number of amides is 1. The van der Waals surface area contributed by atoms with Gasteiger partial charge in [0.2, 0.25) is 5.91 Å². The molecule has 0 bridgehead atoms. The van der Waals surface area contributed by atoms with Crippen LogP contribution in [0.4, 0.5) is 5.00 Å². The quantitative estimate of drug-likeness (QED) is 0.264. The van der Waals surface area contributed by atoms with E-state index in [4.69, 9.17) is 11.6 Å². The molecule has 9 heteroatoms. The molecule has 0 radical (unpaired) electrons. The molecule has 0 spiro atoms. The summed E-state index contributed by atoms with van der Waals surface area (Å²) in [6.07, 6.45) is 7.07. The standard InChI is InChI=1S/C23H22ClN5OS2/c1-2-11-29-21(15-7-6-8-16(24)12-15)27-28-23(29)31-14-20(30)26-22-18(13-25)17-9-4-3-5-10-19(17)32-22/h2,6-8,12H,1,3-5,9-11,14H2,(H,26,30). The predicted molar refractivity (Wildman–Crippen MR) is 130 cm³/mol. The third kappa shape index (κ3) is 4.90. The normalized spacial score (nSPS) is 13.1. The van der Waals surface area contributed by atoms with Gasteiger partial charge in [0, 0.05) is 22.0 Å². The summed E-state index contributed by atoms with van der Waals surface area (Å²) in [7, 11) is 0. The first-order valence-corrected chi connectivity index (χ1v) is 12.6. The highest BCUT2D eigenvalue weighted by Gasteiger charge is 2.21. The number of halogens is 1. The Labute approximate surface area is 200 Å². The zero-order valence-corrected chi connectivity index (χ0v) is 19.8. The molecule has 4 rings (SSSR count). The molecule has 6 nitrogen and oxygen atoms in total. The van der Waals surface area contributed by atoms with Crippen LogP contribution in [0.25, 0.3) is 11.4 Å². The molecule has 2 heterocycles. The molecule has 1 aliphatic carbocycles. The van der Waals surface area contributed by atoms with Gasteiger partial charge in [0.1, 0.15) is 11.1 Å². The van der Waals surface area contributed by atoms with E-state index in [1.807, 2.05) is 22.8 Å². The van der Waals surface area contributed by atoms with Crippen molar-refractivity contribution in [3.8, 4) is 17.5 Å². The maximum atomic E-state index is 12.7. The number of thiophene rings is 1. The molecule has 3 aromatic rings. The summed E-state index contributed by atoms with van der Waals surface area (Å²) < 4.78 is 1.91. The topological polar surface area (TPSA) is 83.6 Å². The van der Waals surface area contributed by atoms with Gasteiger partial charge in [0.25, 0.3) is 0 Å². The molecule has 0 saturated heterocycles. The van der Waals surface area contributed by atoms with Crippen LogP contribution in [0.2, 0.25) is 5.02 Å². The number of nitrogens with zero attached hydrogens (tertiary/aromatic N) is 4. The van der Waals surface area contributed by atoms with Crippen LogP contribution in [0.3, 0.4) is 0 Å². The van der Waals surface area contributed by atoms with Gasteiger partial charge >= 0.3 is 0 Å². The molecule has 1 aromatic carbocycles. The fraction of sp³-hybridized carbons (Fsp3) is 0.304. The van der Waals surface area contributed by atoms with Crippen LogP contribution < -0.4 is 5.32 Å². The lowest BCUT2D eigenvalue weighted by Gasteiger charge is -2.08. The van der Waals surface area contributed by atoms with Crippen molar-refractivity contribution in [1.29, 1.82) is 5.26 Å². The Bertz CT molecular complexity index is 1190. The molecular formula is C23H22ClN5OS2. The first-order valence-electron chi connectivity index (χ1n) is 10.4. The lowest BCUT2D eigenvalue weighted by Crippen LogP contribution is -2.14. The van der Waals surface area contributed by atoms with E-state index in [2.05, 4.69) is 28.2 Å². The largest absolute Gasteiger partial charge is 0.316 e. The van der Waals surface area contributed by atoms with Crippen molar-refractivity contribution < 1.29 is 4.79 Å². The Morgan fingerprint density at radius 3 is 2.97 bits per heavy atom. The van der Waals surface area contributed by atoms with Crippen molar-refractivity contribution in [2.45, 2.75) is 43.8 Å². The Balaban J connectivity index is 1.48. The van der Waals surface area contributed by atoms with Crippen LogP contribution in [0.5, 0.6) is 0 Å². The number of fused-ring (bicyclic) bond motifs is 1. The smallest absolute Gasteiger partial charge is 0.235 e. The number of nitriles is 1. The fourth-order valence-corrected chi connectivity index (χ4v) is 5.97. The summed E-state index contributed by atoms with van der Waals surface area (Å²) in [6.45, 7) is 4.33. The average Bonchev–Trinajstić information content (AvgIpc) is 3.24. The minimum absolute atomic E-state index is 0.165. The molecule has 0 saturated carbocycles. The van der Waals surface area contributed by atoms with E-state index in [-0.39, 0.29) is 11.7 Å². The molecular weight excluding hydrogens is 462 g/mol. The summed E-state index contributed by atoms with van der Waals surface area (Å²) >= 11 is 8.97. The second-order valence-electron chi connectivity index (χ2n) is 7.43. The molecule has 2 aromatic heterocycles. The zero-order chi connectivity index (χ0) is 22.5. The summed E-state index contributed by atoms with van der Waals surface area (Å²) in [5.74, 6) is 0.669. The minimum atomic E-state index is -0.166. The van der Waals surface area contributed by atoms with Gasteiger partial charge in [0.15, 0.2) is 11.0 Å². The number of hydrogen-bond acceptors (Lipinski definition) is 6. The van der Waals surface area contributed by atoms with E-state index >= 15 is 0 Å². The summed E-state index contributed by atoms with van der Waals surface area (Å²) in [5.41, 5.74) is 2.60. The van der Waals surface area contributed by atoms with Crippen molar-refractivity contribution >= 4 is 45.6 Å². The highest BCUT2D eigenvalue weighted by molar-refractivity contribution is 7.99. The van der Waals surface area contributed by atoms with E-state index < -0.39 is 0 Å². The number of carbonyl (C=O) groups is 1. The van der Waals surface area contributed by atoms with Crippen LogP contribution in [0.1, 0.15) is 35.3 Å². The Kier molecular flexibility index (Phi) is 7.30. The number of carbonyl (C=O) groups excluding carboxylic acids is 1. The third-order valence-corrected chi connectivity index (χ3v) is 7.64. The van der Waals surface area contributed by atoms with Gasteiger partial charge in [-0.15, -0.1) is 28.1 Å². The molecule has 0 fully saturated rings.